The fourth-order valence-corrected chi connectivity index (χ4v) is 2.95. The number of alkyl halides is 1. The first-order chi connectivity index (χ1) is 7.09. The van der Waals surface area contributed by atoms with Crippen LogP contribution in [0.3, 0.4) is 0 Å². The van der Waals surface area contributed by atoms with Crippen LogP contribution in [0, 0.1) is 5.92 Å². The largest absolute Gasteiger partial charge is 0.481 e. The van der Waals surface area contributed by atoms with Crippen LogP contribution < -0.4 is 0 Å². The highest BCUT2D eigenvalue weighted by molar-refractivity contribution is 7.99. The molecule has 1 atom stereocenters. The first-order valence-electron chi connectivity index (χ1n) is 5.31. The Bertz CT molecular complexity index is 258. The molecule has 1 saturated carbocycles. The zero-order valence-electron chi connectivity index (χ0n) is 8.62. The molecule has 0 spiro atoms. The zero-order valence-corrected chi connectivity index (χ0v) is 9.43. The maximum Gasteiger partial charge on any atom is 0.308 e. The third-order valence-electron chi connectivity index (χ3n) is 3.00. The lowest BCUT2D eigenvalue weighted by Gasteiger charge is -2.23. The van der Waals surface area contributed by atoms with E-state index in [0.29, 0.717) is 31.7 Å². The lowest BCUT2D eigenvalue weighted by molar-refractivity contribution is -0.141. The maximum absolute atomic E-state index is 13.5. The Kier molecular flexibility index (Phi) is 3.21. The van der Waals surface area contributed by atoms with Crippen molar-refractivity contribution in [2.75, 3.05) is 31.1 Å². The van der Waals surface area contributed by atoms with E-state index in [2.05, 4.69) is 0 Å². The standard InChI is InChI=1S/C10H16FNO2S/c11-10(1-2-10)7-12-3-4-15-6-8(5-12)9(13)14/h8H,1-7H2,(H,13,14). The van der Waals surface area contributed by atoms with Crippen molar-refractivity contribution >= 4 is 17.7 Å². The topological polar surface area (TPSA) is 40.5 Å². The van der Waals surface area contributed by atoms with Gasteiger partial charge in [0.15, 0.2) is 0 Å². The van der Waals surface area contributed by atoms with Crippen LogP contribution in [0.5, 0.6) is 0 Å². The molecule has 86 valence electrons. The van der Waals surface area contributed by atoms with Crippen LogP contribution in [0.15, 0.2) is 0 Å². The Balaban J connectivity index is 1.89. The summed E-state index contributed by atoms with van der Waals surface area (Å²) in [6.45, 7) is 1.76. The lowest BCUT2D eigenvalue weighted by Crippen LogP contribution is -2.38. The molecule has 15 heavy (non-hydrogen) atoms. The van der Waals surface area contributed by atoms with Crippen molar-refractivity contribution in [1.82, 2.24) is 4.90 Å². The summed E-state index contributed by atoms with van der Waals surface area (Å²) in [6.07, 6.45) is 1.29. The maximum atomic E-state index is 13.5. The number of nitrogens with zero attached hydrogens (tertiary/aromatic N) is 1. The summed E-state index contributed by atoms with van der Waals surface area (Å²) in [6, 6.07) is 0. The number of rotatable bonds is 3. The smallest absolute Gasteiger partial charge is 0.308 e. The molecular formula is C10H16FNO2S. The van der Waals surface area contributed by atoms with E-state index < -0.39 is 11.6 Å². The lowest BCUT2D eigenvalue weighted by atomic mass is 10.1. The van der Waals surface area contributed by atoms with Crippen LogP contribution in [0.4, 0.5) is 4.39 Å². The van der Waals surface area contributed by atoms with E-state index >= 15 is 0 Å². The Hall–Kier alpha value is -0.290. The molecule has 5 heteroatoms. The van der Waals surface area contributed by atoms with Crippen LogP contribution in [-0.4, -0.2) is 52.8 Å². The Morgan fingerprint density at radius 2 is 2.33 bits per heavy atom. The van der Waals surface area contributed by atoms with Crippen LogP contribution in [-0.2, 0) is 4.79 Å². The van der Waals surface area contributed by atoms with Crippen molar-refractivity contribution in [1.29, 1.82) is 0 Å². The number of halogens is 1. The Labute approximate surface area is 93.0 Å². The predicted octanol–water partition coefficient (Wildman–Crippen LogP) is 1.24. The molecule has 2 aliphatic rings. The van der Waals surface area contributed by atoms with Gasteiger partial charge in [-0.2, -0.15) is 11.8 Å². The molecule has 1 N–H and O–H groups in total. The number of carboxylic acid groups (broad SMARTS) is 1. The van der Waals surface area contributed by atoms with Gasteiger partial charge in [0, 0.05) is 31.1 Å². The van der Waals surface area contributed by atoms with Gasteiger partial charge in [0.1, 0.15) is 5.67 Å². The highest BCUT2D eigenvalue weighted by Gasteiger charge is 2.45. The molecule has 0 aromatic carbocycles. The minimum Gasteiger partial charge on any atom is -0.481 e. The van der Waals surface area contributed by atoms with Crippen LogP contribution in [0.25, 0.3) is 0 Å². The SMILES string of the molecule is O=C(O)C1CSCCN(CC2(F)CC2)C1. The van der Waals surface area contributed by atoms with Crippen molar-refractivity contribution in [2.45, 2.75) is 18.5 Å². The molecule has 1 heterocycles. The van der Waals surface area contributed by atoms with E-state index in [0.717, 1.165) is 12.3 Å². The fourth-order valence-electron chi connectivity index (χ4n) is 1.86. The zero-order chi connectivity index (χ0) is 10.9. The van der Waals surface area contributed by atoms with Crippen molar-refractivity contribution in [3.05, 3.63) is 0 Å². The second-order valence-electron chi connectivity index (χ2n) is 4.50. The van der Waals surface area contributed by atoms with E-state index in [1.54, 1.807) is 11.8 Å². The Morgan fingerprint density at radius 1 is 1.60 bits per heavy atom. The number of aliphatic carboxylic acids is 1. The van der Waals surface area contributed by atoms with Crippen molar-refractivity contribution in [3.8, 4) is 0 Å². The highest BCUT2D eigenvalue weighted by atomic mass is 32.2. The van der Waals surface area contributed by atoms with E-state index in [1.165, 1.54) is 0 Å². The Morgan fingerprint density at radius 3 is 2.93 bits per heavy atom. The second kappa shape index (κ2) is 4.29. The van der Waals surface area contributed by atoms with Gasteiger partial charge in [-0.25, -0.2) is 4.39 Å². The molecular weight excluding hydrogens is 217 g/mol. The third-order valence-corrected chi connectivity index (χ3v) is 4.11. The van der Waals surface area contributed by atoms with Gasteiger partial charge in [-0.1, -0.05) is 0 Å². The molecule has 0 aromatic rings. The minimum absolute atomic E-state index is 0.333. The summed E-state index contributed by atoms with van der Waals surface area (Å²) >= 11 is 1.66. The van der Waals surface area contributed by atoms with Crippen molar-refractivity contribution < 1.29 is 14.3 Å². The van der Waals surface area contributed by atoms with Crippen LogP contribution >= 0.6 is 11.8 Å². The van der Waals surface area contributed by atoms with E-state index in [4.69, 9.17) is 5.11 Å². The number of carboxylic acids is 1. The third kappa shape index (κ3) is 3.08. The van der Waals surface area contributed by atoms with Gasteiger partial charge >= 0.3 is 5.97 Å². The molecule has 0 amide bonds. The fraction of sp³-hybridized carbons (Fsp3) is 0.900. The average molecular weight is 233 g/mol. The summed E-state index contributed by atoms with van der Waals surface area (Å²) in [4.78, 5) is 12.9. The molecule has 1 unspecified atom stereocenters. The van der Waals surface area contributed by atoms with E-state index in [9.17, 15) is 9.18 Å². The summed E-state index contributed by atoms with van der Waals surface area (Å²) < 4.78 is 13.5. The summed E-state index contributed by atoms with van der Waals surface area (Å²) in [5.74, 6) is 0.489. The number of carbonyl (C=O) groups is 1. The van der Waals surface area contributed by atoms with Gasteiger partial charge < -0.3 is 5.11 Å². The second-order valence-corrected chi connectivity index (χ2v) is 5.65. The molecule has 0 aromatic heterocycles. The van der Waals surface area contributed by atoms with Gasteiger partial charge in [0.05, 0.1) is 5.92 Å². The number of hydrogen-bond acceptors (Lipinski definition) is 3. The van der Waals surface area contributed by atoms with Crippen molar-refractivity contribution in [3.63, 3.8) is 0 Å². The van der Waals surface area contributed by atoms with E-state index in [1.807, 2.05) is 4.90 Å². The van der Waals surface area contributed by atoms with Crippen LogP contribution in [0.1, 0.15) is 12.8 Å². The van der Waals surface area contributed by atoms with E-state index in [-0.39, 0.29) is 5.92 Å². The summed E-state index contributed by atoms with van der Waals surface area (Å²) in [5, 5.41) is 8.96. The van der Waals surface area contributed by atoms with Gasteiger partial charge in [-0.3, -0.25) is 9.69 Å². The first kappa shape index (κ1) is 11.2. The first-order valence-corrected chi connectivity index (χ1v) is 6.46. The molecule has 2 fully saturated rings. The monoisotopic (exact) mass is 233 g/mol. The van der Waals surface area contributed by atoms with Gasteiger partial charge in [0.2, 0.25) is 0 Å². The predicted molar refractivity (Wildman–Crippen MR) is 58.0 cm³/mol. The molecule has 2 rings (SSSR count). The minimum atomic E-state index is -1.00. The van der Waals surface area contributed by atoms with Gasteiger partial charge in [-0.05, 0) is 12.8 Å². The molecule has 0 bridgehead atoms. The van der Waals surface area contributed by atoms with Crippen LogP contribution in [0.2, 0.25) is 0 Å². The summed E-state index contributed by atoms with van der Waals surface area (Å²) in [7, 11) is 0. The molecule has 0 radical (unpaired) electrons. The molecule has 1 aliphatic carbocycles. The normalized spacial score (nSPS) is 30.9. The summed E-state index contributed by atoms with van der Waals surface area (Å²) in [5.41, 5.74) is -1.00. The highest BCUT2D eigenvalue weighted by Crippen LogP contribution is 2.40. The van der Waals surface area contributed by atoms with Gasteiger partial charge in [0.25, 0.3) is 0 Å². The van der Waals surface area contributed by atoms with Gasteiger partial charge in [-0.15, -0.1) is 0 Å². The molecule has 3 nitrogen and oxygen atoms in total. The quantitative estimate of drug-likeness (QED) is 0.796. The molecule has 1 saturated heterocycles. The van der Waals surface area contributed by atoms with Crippen molar-refractivity contribution in [2.24, 2.45) is 5.92 Å². The molecule has 1 aliphatic heterocycles. The average Bonchev–Trinajstić information content (AvgIpc) is 2.91. The number of hydrogen-bond donors (Lipinski definition) is 1. The number of thioether (sulfide) groups is 1.